The van der Waals surface area contributed by atoms with Gasteiger partial charge < -0.3 is 35.4 Å². The first-order chi connectivity index (χ1) is 32.3. The highest BCUT2D eigenvalue weighted by Gasteiger charge is 2.40. The van der Waals surface area contributed by atoms with Crippen LogP contribution in [-0.2, 0) is 38.4 Å². The van der Waals surface area contributed by atoms with Crippen molar-refractivity contribution in [2.24, 2.45) is 35.5 Å². The standard InChI is InChI=1S/C49H91N11O10/c1-28(2)23-36(50-14)46(67)59(19)49(70)60(20)48(69)57(17)38(26-33(11)21-22-61)43(64)53-40(31(7)8)47(68)55(15)35(13)45(66)56(16)37(24-29(3)4)44(65)54-41(32(9)10)58(18)39(25-30(5)6)52-34(12)42(63)51-27-62/h22,27-41,50,52H,21,23-26H2,1-20H3,(H,53,64)(H,54,65)(H,51,62,63)/t33-,34-,35-,36+,37+,38+,39+,40?,41?/m1/s1. The molecule has 21 heteroatoms. The minimum Gasteiger partial charge on any atom is -0.342 e. The SMILES string of the molecule is CN[C@@H](CC(C)C)C(=O)N(C)C(=O)N(C)C(=O)N(C)[C@@H](C[C@H](C)CC=O)C(=O)NC(C(=O)N(C)[C@H](C)C(=O)N(C)[C@@H](CC(C)C)C(=O)NC(C(C)C)N(C)[C@@H](CC(C)C)N[C@H](C)C(=O)NC=O)C(C)C. The van der Waals surface area contributed by atoms with Gasteiger partial charge in [0.2, 0.25) is 41.9 Å². The molecule has 0 saturated heterocycles. The van der Waals surface area contributed by atoms with Crippen LogP contribution >= 0.6 is 0 Å². The van der Waals surface area contributed by atoms with E-state index in [0.29, 0.717) is 25.5 Å². The zero-order valence-corrected chi connectivity index (χ0v) is 46.0. The van der Waals surface area contributed by atoms with Gasteiger partial charge in [-0.15, -0.1) is 0 Å². The van der Waals surface area contributed by atoms with Crippen LogP contribution in [0.2, 0.25) is 0 Å². The molecule has 0 radical (unpaired) electrons. The lowest BCUT2D eigenvalue weighted by molar-refractivity contribution is -0.149. The maximum absolute atomic E-state index is 14.4. The van der Waals surface area contributed by atoms with E-state index >= 15 is 0 Å². The van der Waals surface area contributed by atoms with Crippen LogP contribution in [0, 0.1) is 35.5 Å². The van der Waals surface area contributed by atoms with Crippen molar-refractivity contribution in [3.8, 4) is 0 Å². The molecule has 0 aliphatic heterocycles. The molecule has 0 heterocycles. The number of rotatable bonds is 29. The van der Waals surface area contributed by atoms with E-state index in [0.717, 1.165) is 14.7 Å². The first-order valence-electron chi connectivity index (χ1n) is 24.6. The lowest BCUT2D eigenvalue weighted by Gasteiger charge is -2.41. The maximum Gasteiger partial charge on any atom is 0.334 e. The van der Waals surface area contributed by atoms with Crippen molar-refractivity contribution in [2.45, 2.75) is 171 Å². The zero-order valence-electron chi connectivity index (χ0n) is 46.0. The number of amides is 11. The van der Waals surface area contributed by atoms with Gasteiger partial charge >= 0.3 is 12.1 Å². The number of hydrogen-bond donors (Lipinski definition) is 5. The third-order valence-corrected chi connectivity index (χ3v) is 12.7. The Balaban J connectivity index is 6.67. The van der Waals surface area contributed by atoms with E-state index in [2.05, 4.69) is 26.6 Å². The monoisotopic (exact) mass is 994 g/mol. The van der Waals surface area contributed by atoms with Crippen LogP contribution in [0.3, 0.4) is 0 Å². The second-order valence-corrected chi connectivity index (χ2v) is 20.8. The van der Waals surface area contributed by atoms with E-state index in [1.54, 1.807) is 34.7 Å². The van der Waals surface area contributed by atoms with E-state index < -0.39 is 108 Å². The van der Waals surface area contributed by atoms with E-state index in [-0.39, 0.29) is 42.9 Å². The molecule has 0 saturated carbocycles. The molecule has 21 nitrogen and oxygen atoms in total. The zero-order chi connectivity index (χ0) is 54.7. The molecule has 0 aromatic heterocycles. The molecule has 0 spiro atoms. The lowest BCUT2D eigenvalue weighted by atomic mass is 9.96. The van der Waals surface area contributed by atoms with Gasteiger partial charge in [-0.1, -0.05) is 76.2 Å². The molecule has 0 aromatic carbocycles. The van der Waals surface area contributed by atoms with Crippen molar-refractivity contribution in [1.29, 1.82) is 0 Å². The van der Waals surface area contributed by atoms with Crippen molar-refractivity contribution in [2.75, 3.05) is 49.3 Å². The predicted octanol–water partition coefficient (Wildman–Crippen LogP) is 2.68. The maximum atomic E-state index is 14.4. The van der Waals surface area contributed by atoms with Gasteiger partial charge in [0.1, 0.15) is 30.5 Å². The molecule has 402 valence electrons. The molecule has 0 aliphatic rings. The van der Waals surface area contributed by atoms with Gasteiger partial charge in [0.15, 0.2) is 0 Å². The number of hydrogen-bond acceptors (Lipinski definition) is 13. The third kappa shape index (κ3) is 19.6. The Morgan fingerprint density at radius 3 is 1.50 bits per heavy atom. The van der Waals surface area contributed by atoms with Gasteiger partial charge in [0.25, 0.3) is 0 Å². The van der Waals surface area contributed by atoms with Crippen molar-refractivity contribution in [1.82, 2.24) is 56.0 Å². The van der Waals surface area contributed by atoms with E-state index in [1.165, 1.54) is 52.0 Å². The van der Waals surface area contributed by atoms with Gasteiger partial charge in [-0.25, -0.2) is 14.5 Å². The highest BCUT2D eigenvalue weighted by Crippen LogP contribution is 2.21. The summed E-state index contributed by atoms with van der Waals surface area (Å²) in [6.45, 7) is 24.0. The predicted molar refractivity (Wildman–Crippen MR) is 269 cm³/mol. The van der Waals surface area contributed by atoms with Crippen LogP contribution in [0.25, 0.3) is 0 Å². The third-order valence-electron chi connectivity index (χ3n) is 12.7. The molecule has 0 aromatic rings. The number of carbonyl (C=O) groups is 10. The number of carbonyl (C=O) groups excluding carboxylic acids is 10. The molecular formula is C49H91N11O10. The highest BCUT2D eigenvalue weighted by molar-refractivity contribution is 6.03. The van der Waals surface area contributed by atoms with Gasteiger partial charge in [-0.2, -0.15) is 0 Å². The average Bonchev–Trinajstić information content (AvgIpc) is 3.28. The topological polar surface area (TPSA) is 250 Å². The van der Waals surface area contributed by atoms with Gasteiger partial charge in [0, 0.05) is 41.7 Å². The number of nitrogens with one attached hydrogen (secondary N) is 5. The molecule has 0 fully saturated rings. The number of nitrogens with zero attached hydrogens (tertiary/aromatic N) is 6. The van der Waals surface area contributed by atoms with Crippen molar-refractivity contribution in [3.05, 3.63) is 0 Å². The summed E-state index contributed by atoms with van der Waals surface area (Å²) >= 11 is 0. The summed E-state index contributed by atoms with van der Waals surface area (Å²) in [4.78, 5) is 140. The first-order valence-corrected chi connectivity index (χ1v) is 24.6. The highest BCUT2D eigenvalue weighted by atomic mass is 16.2. The summed E-state index contributed by atoms with van der Waals surface area (Å²) in [6.07, 6.45) is 1.43. The molecule has 2 unspecified atom stereocenters. The average molecular weight is 994 g/mol. The normalized spacial score (nSPS) is 15.5. The van der Waals surface area contributed by atoms with E-state index in [4.69, 9.17) is 0 Å². The largest absolute Gasteiger partial charge is 0.342 e. The molecule has 0 aliphatic carbocycles. The molecule has 70 heavy (non-hydrogen) atoms. The smallest absolute Gasteiger partial charge is 0.334 e. The van der Waals surface area contributed by atoms with Crippen LogP contribution in [0.15, 0.2) is 0 Å². The fraction of sp³-hybridized carbons (Fsp3) is 0.796. The molecule has 9 atom stereocenters. The quantitative estimate of drug-likeness (QED) is 0.0535. The summed E-state index contributed by atoms with van der Waals surface area (Å²) < 4.78 is 0. The Labute approximate surface area is 418 Å². The number of urea groups is 2. The summed E-state index contributed by atoms with van der Waals surface area (Å²) in [6, 6.07) is -7.81. The molecule has 0 rings (SSSR count). The van der Waals surface area contributed by atoms with Gasteiger partial charge in [-0.05, 0) is 89.1 Å². The first kappa shape index (κ1) is 65.0. The van der Waals surface area contributed by atoms with Gasteiger partial charge in [-0.3, -0.25) is 54.0 Å². The van der Waals surface area contributed by atoms with Crippen molar-refractivity contribution >= 4 is 60.2 Å². The minimum atomic E-state index is -1.28. The van der Waals surface area contributed by atoms with Crippen LogP contribution < -0.4 is 26.6 Å². The van der Waals surface area contributed by atoms with Crippen molar-refractivity contribution in [3.63, 3.8) is 0 Å². The Kier molecular flexibility index (Phi) is 28.5. The van der Waals surface area contributed by atoms with Gasteiger partial charge in [0.05, 0.1) is 24.4 Å². The van der Waals surface area contributed by atoms with Crippen molar-refractivity contribution < 1.29 is 47.9 Å². The molecular weight excluding hydrogens is 903 g/mol. The Bertz CT molecular complexity index is 1760. The fourth-order valence-corrected chi connectivity index (χ4v) is 8.10. The lowest BCUT2D eigenvalue weighted by Crippen LogP contribution is -2.63. The fourth-order valence-electron chi connectivity index (χ4n) is 8.10. The number of aldehydes is 1. The summed E-state index contributed by atoms with van der Waals surface area (Å²) in [7, 11) is 10.1. The second-order valence-electron chi connectivity index (χ2n) is 20.8. The van der Waals surface area contributed by atoms with Crippen LogP contribution in [0.1, 0.15) is 122 Å². The number of likely N-dealkylation sites (N-methyl/N-ethyl adjacent to an activating group) is 5. The molecule has 5 N–H and O–H groups in total. The Morgan fingerprint density at radius 2 is 1.04 bits per heavy atom. The van der Waals surface area contributed by atoms with Crippen LogP contribution in [0.4, 0.5) is 9.59 Å². The number of imide groups is 3. The van der Waals surface area contributed by atoms with Crippen LogP contribution in [0.5, 0.6) is 0 Å². The second kappa shape index (κ2) is 30.7. The van der Waals surface area contributed by atoms with E-state index in [1.807, 2.05) is 67.3 Å². The Morgan fingerprint density at radius 1 is 0.529 bits per heavy atom. The Hall–Kier alpha value is -5.02. The molecule has 11 amide bonds. The summed E-state index contributed by atoms with van der Waals surface area (Å²) in [5, 5.41) is 14.3. The summed E-state index contributed by atoms with van der Waals surface area (Å²) in [5.74, 6) is -4.13. The van der Waals surface area contributed by atoms with E-state index in [9.17, 15) is 47.9 Å². The molecule has 0 bridgehead atoms. The van der Waals surface area contributed by atoms with Crippen LogP contribution in [-0.4, -0.2) is 188 Å². The summed E-state index contributed by atoms with van der Waals surface area (Å²) in [5.41, 5.74) is 0. The minimum absolute atomic E-state index is 0.0201.